The van der Waals surface area contributed by atoms with Gasteiger partial charge in [0.05, 0.1) is 12.3 Å². The molecule has 0 amide bonds. The third-order valence-electron chi connectivity index (χ3n) is 3.82. The van der Waals surface area contributed by atoms with E-state index in [1.54, 1.807) is 13.2 Å². The number of ether oxygens (including phenoxy) is 1. The predicted molar refractivity (Wildman–Crippen MR) is 77.8 cm³/mol. The average Bonchev–Trinajstić information content (AvgIpc) is 2.39. The van der Waals surface area contributed by atoms with E-state index in [0.717, 1.165) is 13.0 Å². The zero-order chi connectivity index (χ0) is 14.0. The number of hydrogen-bond acceptors (Lipinski definition) is 5. The summed E-state index contributed by atoms with van der Waals surface area (Å²) in [4.78, 5) is 8.41. The first-order chi connectivity index (χ1) is 8.98. The Labute approximate surface area is 119 Å². The number of nitrogens with zero attached hydrogens (tertiary/aromatic N) is 2. The van der Waals surface area contributed by atoms with E-state index in [1.165, 1.54) is 0 Å². The fourth-order valence-corrected chi connectivity index (χ4v) is 2.51. The second-order valence-corrected chi connectivity index (χ2v) is 5.75. The van der Waals surface area contributed by atoms with Gasteiger partial charge in [-0.15, -0.1) is 0 Å². The number of rotatable bonds is 5. The maximum Gasteiger partial charge on any atom is 0.224 e. The van der Waals surface area contributed by atoms with Gasteiger partial charge in [0.2, 0.25) is 5.95 Å². The maximum atomic E-state index is 6.12. The lowest BCUT2D eigenvalue weighted by Gasteiger charge is -2.51. The summed E-state index contributed by atoms with van der Waals surface area (Å²) < 4.78 is 5.72. The van der Waals surface area contributed by atoms with Crippen LogP contribution in [-0.4, -0.2) is 35.8 Å². The molecule has 2 atom stereocenters. The molecule has 0 saturated heterocycles. The van der Waals surface area contributed by atoms with Crippen molar-refractivity contribution in [2.24, 2.45) is 5.41 Å². The zero-order valence-corrected chi connectivity index (χ0v) is 12.6. The Morgan fingerprint density at radius 3 is 2.84 bits per heavy atom. The van der Waals surface area contributed by atoms with Gasteiger partial charge in [0.25, 0.3) is 0 Å². The molecular formula is C13H21ClN4O. The SMILES string of the molecule is CCOC1CC(Nc2nc(NC)ncc2Cl)C1(C)C. The maximum absolute atomic E-state index is 6.12. The lowest BCUT2D eigenvalue weighted by molar-refractivity contribution is -0.0976. The van der Waals surface area contributed by atoms with Gasteiger partial charge >= 0.3 is 0 Å². The second-order valence-electron chi connectivity index (χ2n) is 5.34. The average molecular weight is 285 g/mol. The Balaban J connectivity index is 2.07. The summed E-state index contributed by atoms with van der Waals surface area (Å²) in [7, 11) is 1.78. The summed E-state index contributed by atoms with van der Waals surface area (Å²) in [6, 6.07) is 0.307. The molecule has 1 heterocycles. The minimum atomic E-state index is 0.0735. The number of aromatic nitrogens is 2. The van der Waals surface area contributed by atoms with Crippen molar-refractivity contribution in [3.63, 3.8) is 0 Å². The smallest absolute Gasteiger partial charge is 0.224 e. The fraction of sp³-hybridized carbons (Fsp3) is 0.692. The Morgan fingerprint density at radius 2 is 2.26 bits per heavy atom. The van der Waals surface area contributed by atoms with Gasteiger partial charge in [-0.05, 0) is 13.3 Å². The van der Waals surface area contributed by atoms with Gasteiger partial charge in [-0.3, -0.25) is 0 Å². The van der Waals surface area contributed by atoms with Crippen LogP contribution in [0.4, 0.5) is 11.8 Å². The minimum absolute atomic E-state index is 0.0735. The van der Waals surface area contributed by atoms with Crippen LogP contribution in [0, 0.1) is 5.41 Å². The van der Waals surface area contributed by atoms with Crippen molar-refractivity contribution in [1.29, 1.82) is 0 Å². The molecule has 19 heavy (non-hydrogen) atoms. The summed E-state index contributed by atoms with van der Waals surface area (Å²) in [5.41, 5.74) is 0.0735. The molecule has 2 N–H and O–H groups in total. The summed E-state index contributed by atoms with van der Waals surface area (Å²) >= 11 is 6.12. The number of anilines is 2. The molecular weight excluding hydrogens is 264 g/mol. The van der Waals surface area contributed by atoms with Crippen LogP contribution >= 0.6 is 11.6 Å². The molecule has 1 aromatic rings. The monoisotopic (exact) mass is 284 g/mol. The fourth-order valence-electron chi connectivity index (χ4n) is 2.37. The quantitative estimate of drug-likeness (QED) is 0.871. The molecule has 1 aliphatic rings. The normalized spacial score (nSPS) is 24.7. The van der Waals surface area contributed by atoms with Gasteiger partial charge in [0, 0.05) is 25.1 Å². The Hall–Kier alpha value is -1.07. The molecule has 0 radical (unpaired) electrons. The highest BCUT2D eigenvalue weighted by Gasteiger charge is 2.49. The van der Waals surface area contributed by atoms with E-state index >= 15 is 0 Å². The first-order valence-electron chi connectivity index (χ1n) is 6.57. The molecule has 6 heteroatoms. The standard InChI is InChI=1S/C13H21ClN4O/c1-5-19-10-6-9(13(10,2)3)17-11-8(14)7-16-12(15-4)18-11/h7,9-10H,5-6H2,1-4H3,(H2,15,16,17,18). The van der Waals surface area contributed by atoms with E-state index in [1.807, 2.05) is 6.92 Å². The Bertz CT molecular complexity index is 452. The van der Waals surface area contributed by atoms with Crippen LogP contribution in [-0.2, 0) is 4.74 Å². The van der Waals surface area contributed by atoms with E-state index in [9.17, 15) is 0 Å². The molecule has 2 unspecified atom stereocenters. The summed E-state index contributed by atoms with van der Waals surface area (Å²) in [5.74, 6) is 1.24. The van der Waals surface area contributed by atoms with Crippen molar-refractivity contribution in [2.75, 3.05) is 24.3 Å². The molecule has 1 aromatic heterocycles. The molecule has 0 aromatic carbocycles. The van der Waals surface area contributed by atoms with Crippen molar-refractivity contribution >= 4 is 23.4 Å². The third-order valence-corrected chi connectivity index (χ3v) is 4.10. The third kappa shape index (κ3) is 2.77. The molecule has 1 fully saturated rings. The van der Waals surface area contributed by atoms with Gasteiger partial charge in [-0.25, -0.2) is 4.98 Å². The van der Waals surface area contributed by atoms with Crippen molar-refractivity contribution in [3.05, 3.63) is 11.2 Å². The molecule has 106 valence electrons. The lowest BCUT2D eigenvalue weighted by Crippen LogP contribution is -2.58. The van der Waals surface area contributed by atoms with Crippen LogP contribution in [0.3, 0.4) is 0 Å². The van der Waals surface area contributed by atoms with E-state index in [-0.39, 0.29) is 5.41 Å². The Morgan fingerprint density at radius 1 is 1.53 bits per heavy atom. The molecule has 1 aliphatic carbocycles. The topological polar surface area (TPSA) is 59.1 Å². The van der Waals surface area contributed by atoms with Gasteiger partial charge < -0.3 is 15.4 Å². The van der Waals surface area contributed by atoms with E-state index in [4.69, 9.17) is 16.3 Å². The number of halogens is 1. The molecule has 1 saturated carbocycles. The number of nitrogens with one attached hydrogen (secondary N) is 2. The highest BCUT2D eigenvalue weighted by molar-refractivity contribution is 6.32. The van der Waals surface area contributed by atoms with Crippen LogP contribution in [0.25, 0.3) is 0 Å². The largest absolute Gasteiger partial charge is 0.378 e. The molecule has 0 spiro atoms. The summed E-state index contributed by atoms with van der Waals surface area (Å²) in [5, 5.41) is 6.84. The minimum Gasteiger partial charge on any atom is -0.378 e. The van der Waals surface area contributed by atoms with Crippen molar-refractivity contribution < 1.29 is 4.74 Å². The lowest BCUT2D eigenvalue weighted by atomic mass is 9.64. The number of hydrogen-bond donors (Lipinski definition) is 2. The van der Waals surface area contributed by atoms with Gasteiger partial charge in [0.15, 0.2) is 5.82 Å². The van der Waals surface area contributed by atoms with E-state index < -0.39 is 0 Å². The van der Waals surface area contributed by atoms with Gasteiger partial charge in [-0.2, -0.15) is 4.98 Å². The van der Waals surface area contributed by atoms with Crippen molar-refractivity contribution in [3.8, 4) is 0 Å². The molecule has 2 rings (SSSR count). The molecule has 0 bridgehead atoms. The highest BCUT2D eigenvalue weighted by Crippen LogP contribution is 2.44. The van der Waals surface area contributed by atoms with Crippen LogP contribution < -0.4 is 10.6 Å². The van der Waals surface area contributed by atoms with Crippen molar-refractivity contribution in [1.82, 2.24) is 9.97 Å². The zero-order valence-electron chi connectivity index (χ0n) is 11.8. The summed E-state index contributed by atoms with van der Waals surface area (Å²) in [6.07, 6.45) is 2.86. The predicted octanol–water partition coefficient (Wildman–Crippen LogP) is 2.79. The Kier molecular flexibility index (Phi) is 4.16. The second kappa shape index (κ2) is 5.51. The van der Waals surface area contributed by atoms with Crippen LogP contribution in [0.2, 0.25) is 5.02 Å². The van der Waals surface area contributed by atoms with Crippen LogP contribution in [0.1, 0.15) is 27.2 Å². The van der Waals surface area contributed by atoms with Crippen LogP contribution in [0.5, 0.6) is 0 Å². The first-order valence-corrected chi connectivity index (χ1v) is 6.95. The highest BCUT2D eigenvalue weighted by atomic mass is 35.5. The first kappa shape index (κ1) is 14.3. The van der Waals surface area contributed by atoms with Gasteiger partial charge in [0.1, 0.15) is 5.02 Å². The van der Waals surface area contributed by atoms with Gasteiger partial charge in [-0.1, -0.05) is 25.4 Å². The molecule has 5 nitrogen and oxygen atoms in total. The van der Waals surface area contributed by atoms with Crippen molar-refractivity contribution in [2.45, 2.75) is 39.3 Å². The van der Waals surface area contributed by atoms with E-state index in [2.05, 4.69) is 34.4 Å². The van der Waals surface area contributed by atoms with Crippen LogP contribution in [0.15, 0.2) is 6.20 Å². The molecule has 0 aliphatic heterocycles. The summed E-state index contributed by atoms with van der Waals surface area (Å²) in [6.45, 7) is 7.17. The van der Waals surface area contributed by atoms with E-state index in [0.29, 0.717) is 28.9 Å².